The highest BCUT2D eigenvalue weighted by Gasteiger charge is 2.24. The molecule has 0 heterocycles. The molecule has 0 aromatic heterocycles. The van der Waals surface area contributed by atoms with Gasteiger partial charge in [0.1, 0.15) is 0 Å². The second-order valence-electron chi connectivity index (χ2n) is 4.80. The van der Waals surface area contributed by atoms with E-state index < -0.39 is 0 Å². The molecule has 0 aliphatic heterocycles. The standard InChI is InChI=1S/C14H20IN3/c1-11(12(2)9-17)8-14(10-18)13(5-6-15)4-3-7-16/h11-14H,3-6,8H2,1-2H3. The first-order valence-electron chi connectivity index (χ1n) is 6.32. The van der Waals surface area contributed by atoms with E-state index in [4.69, 9.17) is 10.5 Å². The summed E-state index contributed by atoms with van der Waals surface area (Å²) in [5.74, 6) is 0.481. The molecular formula is C14H20IN3. The van der Waals surface area contributed by atoms with Gasteiger partial charge in [-0.2, -0.15) is 15.8 Å². The summed E-state index contributed by atoms with van der Waals surface area (Å²) in [6, 6.07) is 6.79. The van der Waals surface area contributed by atoms with Crippen molar-refractivity contribution in [3.8, 4) is 18.2 Å². The van der Waals surface area contributed by atoms with E-state index in [1.165, 1.54) is 0 Å². The fourth-order valence-corrected chi connectivity index (χ4v) is 2.82. The van der Waals surface area contributed by atoms with Crippen molar-refractivity contribution in [2.75, 3.05) is 4.43 Å². The van der Waals surface area contributed by atoms with E-state index in [1.807, 2.05) is 13.8 Å². The summed E-state index contributed by atoms with van der Waals surface area (Å²) in [5.41, 5.74) is 0. The fourth-order valence-electron chi connectivity index (χ4n) is 2.02. The van der Waals surface area contributed by atoms with Crippen LogP contribution in [-0.2, 0) is 0 Å². The minimum atomic E-state index is -0.0288. The van der Waals surface area contributed by atoms with Crippen LogP contribution in [0.2, 0.25) is 0 Å². The lowest BCUT2D eigenvalue weighted by molar-refractivity contribution is 0.291. The summed E-state index contributed by atoms with van der Waals surface area (Å²) >= 11 is 2.31. The molecule has 0 bridgehead atoms. The molecule has 0 radical (unpaired) electrons. The molecule has 0 fully saturated rings. The van der Waals surface area contributed by atoms with Gasteiger partial charge in [0.2, 0.25) is 0 Å². The minimum Gasteiger partial charge on any atom is -0.198 e. The summed E-state index contributed by atoms with van der Waals surface area (Å²) in [5, 5.41) is 26.9. The molecular weight excluding hydrogens is 337 g/mol. The third kappa shape index (κ3) is 6.22. The van der Waals surface area contributed by atoms with Crippen molar-refractivity contribution in [2.24, 2.45) is 23.7 Å². The number of nitrogens with zero attached hydrogens (tertiary/aromatic N) is 3. The summed E-state index contributed by atoms with van der Waals surface area (Å²) < 4.78 is 1.01. The maximum atomic E-state index is 9.31. The predicted molar refractivity (Wildman–Crippen MR) is 79.5 cm³/mol. The Balaban J connectivity index is 4.56. The van der Waals surface area contributed by atoms with Crippen molar-refractivity contribution < 1.29 is 0 Å². The van der Waals surface area contributed by atoms with E-state index in [9.17, 15) is 5.26 Å². The molecule has 0 aromatic carbocycles. The second-order valence-corrected chi connectivity index (χ2v) is 5.88. The van der Waals surface area contributed by atoms with Gasteiger partial charge < -0.3 is 0 Å². The van der Waals surface area contributed by atoms with Gasteiger partial charge in [-0.3, -0.25) is 0 Å². The van der Waals surface area contributed by atoms with Gasteiger partial charge in [0.25, 0.3) is 0 Å². The van der Waals surface area contributed by atoms with Crippen LogP contribution >= 0.6 is 22.6 Å². The molecule has 98 valence electrons. The molecule has 0 aromatic rings. The highest BCUT2D eigenvalue weighted by Crippen LogP contribution is 2.30. The van der Waals surface area contributed by atoms with Crippen LogP contribution in [0.1, 0.15) is 39.5 Å². The Hall–Kier alpha value is -0.800. The van der Waals surface area contributed by atoms with Gasteiger partial charge in [-0.05, 0) is 42.4 Å². The Morgan fingerprint density at radius 1 is 1.06 bits per heavy atom. The first-order valence-corrected chi connectivity index (χ1v) is 7.85. The van der Waals surface area contributed by atoms with Gasteiger partial charge in [-0.25, -0.2) is 0 Å². The Bertz CT molecular complexity index is 348. The first kappa shape index (κ1) is 17.2. The predicted octanol–water partition coefficient (Wildman–Crippen LogP) is 4.06. The molecule has 0 saturated carbocycles. The number of nitriles is 3. The highest BCUT2D eigenvalue weighted by molar-refractivity contribution is 14.1. The topological polar surface area (TPSA) is 71.4 Å². The zero-order valence-corrected chi connectivity index (χ0v) is 13.2. The molecule has 18 heavy (non-hydrogen) atoms. The van der Waals surface area contributed by atoms with E-state index >= 15 is 0 Å². The van der Waals surface area contributed by atoms with Crippen LogP contribution in [0.5, 0.6) is 0 Å². The average Bonchev–Trinajstić information content (AvgIpc) is 2.39. The maximum absolute atomic E-state index is 9.31. The molecule has 4 unspecified atom stereocenters. The number of rotatable bonds is 8. The third-order valence-corrected chi connectivity index (χ3v) is 4.15. The molecule has 4 atom stereocenters. The van der Waals surface area contributed by atoms with E-state index in [1.54, 1.807) is 0 Å². The van der Waals surface area contributed by atoms with Crippen molar-refractivity contribution >= 4 is 22.6 Å². The quantitative estimate of drug-likeness (QED) is 0.486. The van der Waals surface area contributed by atoms with E-state index in [2.05, 4.69) is 40.8 Å². The van der Waals surface area contributed by atoms with Gasteiger partial charge in [-0.15, -0.1) is 0 Å². The van der Waals surface area contributed by atoms with Crippen molar-refractivity contribution in [1.29, 1.82) is 15.8 Å². The molecule has 0 N–H and O–H groups in total. The molecule has 0 aliphatic carbocycles. The van der Waals surface area contributed by atoms with Gasteiger partial charge in [0.05, 0.1) is 18.2 Å². The lowest BCUT2D eigenvalue weighted by Gasteiger charge is -2.24. The van der Waals surface area contributed by atoms with Crippen LogP contribution in [0.25, 0.3) is 0 Å². The number of halogens is 1. The van der Waals surface area contributed by atoms with Gasteiger partial charge in [0, 0.05) is 18.3 Å². The molecule has 0 amide bonds. The number of alkyl halides is 1. The summed E-state index contributed by atoms with van der Waals surface area (Å²) in [7, 11) is 0. The lowest BCUT2D eigenvalue weighted by atomic mass is 9.79. The monoisotopic (exact) mass is 357 g/mol. The zero-order chi connectivity index (χ0) is 14.0. The Labute approximate surface area is 124 Å². The molecule has 0 aliphatic rings. The van der Waals surface area contributed by atoms with Crippen LogP contribution in [0.15, 0.2) is 0 Å². The van der Waals surface area contributed by atoms with Crippen LogP contribution in [-0.4, -0.2) is 4.43 Å². The molecule has 0 rings (SSSR count). The Kier molecular flexibility index (Phi) is 9.70. The van der Waals surface area contributed by atoms with Crippen LogP contribution < -0.4 is 0 Å². The zero-order valence-electron chi connectivity index (χ0n) is 11.1. The van der Waals surface area contributed by atoms with Crippen molar-refractivity contribution in [3.63, 3.8) is 0 Å². The lowest BCUT2D eigenvalue weighted by Crippen LogP contribution is -2.19. The van der Waals surface area contributed by atoms with Crippen LogP contribution in [0.3, 0.4) is 0 Å². The van der Waals surface area contributed by atoms with Crippen molar-refractivity contribution in [2.45, 2.75) is 39.5 Å². The van der Waals surface area contributed by atoms with Crippen molar-refractivity contribution in [1.82, 2.24) is 0 Å². The highest BCUT2D eigenvalue weighted by atomic mass is 127. The Morgan fingerprint density at radius 3 is 2.17 bits per heavy atom. The van der Waals surface area contributed by atoms with Crippen molar-refractivity contribution in [3.05, 3.63) is 0 Å². The van der Waals surface area contributed by atoms with Crippen LogP contribution in [0, 0.1) is 57.7 Å². The van der Waals surface area contributed by atoms with Crippen LogP contribution in [0.4, 0.5) is 0 Å². The summed E-state index contributed by atoms with van der Waals surface area (Å²) in [6.07, 6.45) is 3.05. The maximum Gasteiger partial charge on any atom is 0.0658 e. The number of hydrogen-bond donors (Lipinski definition) is 0. The van der Waals surface area contributed by atoms with E-state index in [0.717, 1.165) is 23.7 Å². The van der Waals surface area contributed by atoms with E-state index in [-0.39, 0.29) is 17.8 Å². The SMILES string of the molecule is CC(C#N)C(C)CC(C#N)C(CCI)CCC#N. The van der Waals surface area contributed by atoms with Gasteiger partial charge in [0.15, 0.2) is 0 Å². The minimum absolute atomic E-state index is 0.0166. The molecule has 4 heteroatoms. The smallest absolute Gasteiger partial charge is 0.0658 e. The summed E-state index contributed by atoms with van der Waals surface area (Å²) in [6.45, 7) is 3.94. The van der Waals surface area contributed by atoms with Gasteiger partial charge in [-0.1, -0.05) is 29.5 Å². The first-order chi connectivity index (χ1) is 8.60. The molecule has 3 nitrogen and oxygen atoms in total. The average molecular weight is 357 g/mol. The Morgan fingerprint density at radius 2 is 1.72 bits per heavy atom. The second kappa shape index (κ2) is 10.2. The molecule has 0 saturated heterocycles. The van der Waals surface area contributed by atoms with Gasteiger partial charge >= 0.3 is 0 Å². The normalized spacial score (nSPS) is 16.7. The third-order valence-electron chi connectivity index (χ3n) is 3.52. The number of hydrogen-bond acceptors (Lipinski definition) is 3. The summed E-state index contributed by atoms with van der Waals surface area (Å²) in [4.78, 5) is 0. The van der Waals surface area contributed by atoms with E-state index in [0.29, 0.717) is 12.3 Å². The molecule has 0 spiro atoms. The largest absolute Gasteiger partial charge is 0.198 e. The fraction of sp³-hybridized carbons (Fsp3) is 0.786.